The lowest BCUT2D eigenvalue weighted by molar-refractivity contribution is -0.140. The second-order valence-electron chi connectivity index (χ2n) is 20.6. The van der Waals surface area contributed by atoms with Crippen molar-refractivity contribution in [2.45, 2.75) is 74.4 Å². The number of likely N-dealkylation sites (N-methyl/N-ethyl adjacent to an activating group) is 1. The number of carboxylic acids is 6. The lowest BCUT2D eigenvalue weighted by Gasteiger charge is -2.34. The molecule has 2 saturated heterocycles. The van der Waals surface area contributed by atoms with Crippen LogP contribution >= 0.6 is 0 Å². The summed E-state index contributed by atoms with van der Waals surface area (Å²) in [5.74, 6) is -6.22. The van der Waals surface area contributed by atoms with Gasteiger partial charge in [0.1, 0.15) is 30.5 Å². The number of β-amino-alcohol motifs (C(OH)–C–C–N with tert-alkyl or cyclic N) is 2. The van der Waals surface area contributed by atoms with E-state index in [4.69, 9.17) is 5.11 Å². The largest absolute Gasteiger partial charge is 0.480 e. The summed E-state index contributed by atoms with van der Waals surface area (Å²) in [5.41, 5.74) is 0. The Kier molecular flexibility index (Phi) is 38.0. The van der Waals surface area contributed by atoms with Crippen molar-refractivity contribution in [3.63, 3.8) is 0 Å². The van der Waals surface area contributed by atoms with Crippen LogP contribution in [0.25, 0.3) is 0 Å². The van der Waals surface area contributed by atoms with Crippen molar-refractivity contribution in [2.24, 2.45) is 0 Å². The van der Waals surface area contributed by atoms with Crippen molar-refractivity contribution in [1.29, 1.82) is 0 Å². The summed E-state index contributed by atoms with van der Waals surface area (Å²) < 4.78 is 0. The Morgan fingerprint density at radius 3 is 0.914 bits per heavy atom. The lowest BCUT2D eigenvalue weighted by atomic mass is 10.0. The number of hydrogen-bond acceptors (Lipinski definition) is 27. The first-order valence-corrected chi connectivity index (χ1v) is 26.9. The van der Waals surface area contributed by atoms with Crippen LogP contribution in [0.15, 0.2) is 0 Å². The van der Waals surface area contributed by atoms with Crippen LogP contribution in [0.4, 0.5) is 0 Å². The lowest BCUT2D eigenvalue weighted by Crippen LogP contribution is -2.51. The zero-order chi connectivity index (χ0) is 61.4. The molecule has 33 heteroatoms. The van der Waals surface area contributed by atoms with Gasteiger partial charge in [-0.05, 0) is 13.5 Å². The van der Waals surface area contributed by atoms with E-state index in [9.17, 15) is 110 Å². The van der Waals surface area contributed by atoms with Crippen LogP contribution in [0.1, 0.15) is 13.3 Å². The highest BCUT2D eigenvalue weighted by atomic mass is 16.4. The van der Waals surface area contributed by atoms with Crippen LogP contribution in [0, 0.1) is 0 Å². The molecule has 18 N–H and O–H groups in total. The Balaban J connectivity index is 0.000000810. The van der Waals surface area contributed by atoms with Gasteiger partial charge in [0.05, 0.1) is 76.4 Å². The first-order valence-electron chi connectivity index (χ1n) is 26.9. The predicted molar refractivity (Wildman–Crippen MR) is 285 cm³/mol. The van der Waals surface area contributed by atoms with Crippen LogP contribution in [-0.2, 0) is 28.8 Å². The molecule has 0 amide bonds. The normalized spacial score (nSPS) is 21.4. The van der Waals surface area contributed by atoms with Crippen LogP contribution in [0.5, 0.6) is 0 Å². The summed E-state index contributed by atoms with van der Waals surface area (Å²) in [6.07, 6.45) is -14.0. The molecule has 0 aromatic rings. The van der Waals surface area contributed by atoms with E-state index in [1.165, 1.54) is 0 Å². The molecule has 2 fully saturated rings. The Morgan fingerprint density at radius 2 is 0.630 bits per heavy atom. The molecule has 0 spiro atoms. The van der Waals surface area contributed by atoms with Crippen molar-refractivity contribution >= 4 is 35.8 Å². The maximum Gasteiger partial charge on any atom is 0.317 e. The van der Waals surface area contributed by atoms with Crippen LogP contribution in [-0.4, -0.2) is 425 Å². The fourth-order valence-corrected chi connectivity index (χ4v) is 8.98. The van der Waals surface area contributed by atoms with Gasteiger partial charge in [-0.2, -0.15) is 0 Å². The molecule has 10 atom stereocenters. The van der Waals surface area contributed by atoms with Gasteiger partial charge in [0, 0.05) is 144 Å². The van der Waals surface area contributed by atoms with Crippen molar-refractivity contribution in [1.82, 2.24) is 49.4 Å². The molecular weight excluding hydrogens is 1080 g/mol. The Bertz CT molecular complexity index is 1740. The molecule has 0 aromatic heterocycles. The Morgan fingerprint density at radius 1 is 0.370 bits per heavy atom. The summed E-state index contributed by atoms with van der Waals surface area (Å²) in [4.78, 5) is 83.5. The molecule has 474 valence electrons. The minimum atomic E-state index is -1.77. The summed E-state index contributed by atoms with van der Waals surface area (Å²) in [7, 11) is 1.62. The Hall–Kier alpha value is -4.02. The molecular formula is C48H94N10O23. The molecule has 81 heavy (non-hydrogen) atoms. The monoisotopic (exact) mass is 1180 g/mol. The molecule has 33 nitrogen and oxygen atoms in total. The summed E-state index contributed by atoms with van der Waals surface area (Å²) >= 11 is 0. The number of aliphatic carboxylic acids is 6. The first kappa shape index (κ1) is 75.0. The van der Waals surface area contributed by atoms with E-state index in [0.29, 0.717) is 52.4 Å². The third-order valence-electron chi connectivity index (χ3n) is 13.6. The van der Waals surface area contributed by atoms with Gasteiger partial charge in [-0.1, -0.05) is 6.92 Å². The van der Waals surface area contributed by atoms with E-state index >= 15 is 0 Å². The molecule has 2 aliphatic heterocycles. The fraction of sp³-hybridized carbons (Fsp3) is 0.875. The number of hydrogen-bond donors (Lipinski definition) is 18. The van der Waals surface area contributed by atoms with Crippen LogP contribution < -0.4 is 5.32 Å². The van der Waals surface area contributed by atoms with Crippen LogP contribution in [0.2, 0.25) is 0 Å². The van der Waals surface area contributed by atoms with E-state index in [0.717, 1.165) is 0 Å². The van der Waals surface area contributed by atoms with Gasteiger partial charge in [-0.25, -0.2) is 0 Å². The number of nitrogens with zero attached hydrogens (tertiary/aromatic N) is 9. The quantitative estimate of drug-likeness (QED) is 0.0297. The number of carbonyl (C=O) groups is 6. The summed E-state index contributed by atoms with van der Waals surface area (Å²) in [6.45, 7) is 4.13. The maximum absolute atomic E-state index is 11.4. The minimum absolute atomic E-state index is 0.0270. The van der Waals surface area contributed by atoms with E-state index in [2.05, 4.69) is 5.32 Å². The molecule has 0 bridgehead atoms. The topological polar surface area (TPSA) is 488 Å². The van der Waals surface area contributed by atoms with Crippen molar-refractivity contribution in [2.75, 3.05) is 197 Å². The third-order valence-corrected chi connectivity index (χ3v) is 13.6. The SMILES string of the molecule is CC[C@@H](O)[C@@H](O)[C@H](O)[C@@H](O)CN(C)CC(O)CN1CCN(CC(=O)O)CCN(CC(=O)O)CCN(CC(=O)O)CC1.O=C(O)CN1CCN(CC(=O)O)CCN(CC(O)CNC[C@H](O)[C@@H](O)[C@H](O)[C@H](O)CO)CCN(CC(=O)O)CC1. The van der Waals surface area contributed by atoms with Crippen molar-refractivity contribution in [3.05, 3.63) is 0 Å². The first-order chi connectivity index (χ1) is 38.0. The zero-order valence-electron chi connectivity index (χ0n) is 46.6. The van der Waals surface area contributed by atoms with Gasteiger partial charge in [-0.3, -0.25) is 68.0 Å². The molecule has 2 rings (SSSR count). The smallest absolute Gasteiger partial charge is 0.317 e. The highest BCUT2D eigenvalue weighted by molar-refractivity contribution is 5.71. The number of carboxylic acid groups (broad SMARTS) is 6. The number of rotatable bonds is 32. The molecule has 2 heterocycles. The summed E-state index contributed by atoms with van der Waals surface area (Å²) in [5, 5.41) is 168. The fourth-order valence-electron chi connectivity index (χ4n) is 8.98. The predicted octanol–water partition coefficient (Wildman–Crippen LogP) is -10.5. The van der Waals surface area contributed by atoms with Gasteiger partial charge >= 0.3 is 35.8 Å². The third kappa shape index (κ3) is 34.4. The average Bonchev–Trinajstić information content (AvgIpc) is 3.37. The molecule has 0 saturated carbocycles. The average molecular weight is 1180 g/mol. The van der Waals surface area contributed by atoms with Gasteiger partial charge in [0.25, 0.3) is 0 Å². The number of aliphatic hydroxyl groups excluding tert-OH is 11. The standard InChI is InChI=1S/C25H49N5O11.C23H45N5O12/c1-3-19(32)24(40)25(41)20(33)14-26(2)12-18(31)13-27-4-6-28(15-21(34)35)8-10-30(17-23(38)39)11-9-29(7-5-27)16-22(36)37;29-15-18(32)23(40)22(39)17(31)10-24-9-16(30)11-25-1-3-26(12-19(33)34)5-7-28(14-21(37)38)8-6-27(4-2-25)13-20(35)36/h18-20,24-25,31-33,40-41H,3-17H2,1-2H3,(H,34,35)(H,36,37)(H,38,39);16-18,22-24,29-32,39-40H,1-15H2,(H,33,34)(H,35,36)(H,37,38)/t18?,19-,20+,24-,25-;16?,17-,18+,22+,23+/m10/s1. The van der Waals surface area contributed by atoms with Gasteiger partial charge in [-0.15, -0.1) is 0 Å². The minimum Gasteiger partial charge on any atom is -0.480 e. The van der Waals surface area contributed by atoms with Gasteiger partial charge < -0.3 is 97.0 Å². The Labute approximate surface area is 471 Å². The number of aliphatic hydroxyl groups is 11. The second-order valence-corrected chi connectivity index (χ2v) is 20.6. The highest BCUT2D eigenvalue weighted by Gasteiger charge is 2.32. The zero-order valence-corrected chi connectivity index (χ0v) is 46.6. The molecule has 0 aromatic carbocycles. The van der Waals surface area contributed by atoms with E-state index in [1.807, 2.05) is 9.80 Å². The summed E-state index contributed by atoms with van der Waals surface area (Å²) in [6, 6.07) is 0. The highest BCUT2D eigenvalue weighted by Crippen LogP contribution is 2.11. The van der Waals surface area contributed by atoms with Crippen LogP contribution in [0.3, 0.4) is 0 Å². The number of nitrogens with one attached hydrogen (secondary N) is 1. The van der Waals surface area contributed by atoms with Gasteiger partial charge in [0.15, 0.2) is 0 Å². The van der Waals surface area contributed by atoms with E-state index in [1.54, 1.807) is 48.3 Å². The van der Waals surface area contributed by atoms with Crippen molar-refractivity contribution in [3.8, 4) is 0 Å². The van der Waals surface area contributed by atoms with Gasteiger partial charge in [0.2, 0.25) is 0 Å². The van der Waals surface area contributed by atoms with E-state index < -0.39 is 103 Å². The van der Waals surface area contributed by atoms with E-state index in [-0.39, 0.29) is 137 Å². The van der Waals surface area contributed by atoms with Crippen molar-refractivity contribution < 1.29 is 116 Å². The maximum atomic E-state index is 11.4. The molecule has 0 aliphatic carbocycles. The molecule has 2 aliphatic rings. The molecule has 0 radical (unpaired) electrons. The second kappa shape index (κ2) is 41.1. The molecule has 2 unspecified atom stereocenters.